The predicted octanol–water partition coefficient (Wildman–Crippen LogP) is 3.50. The van der Waals surface area contributed by atoms with Gasteiger partial charge in [-0.15, -0.1) is 0 Å². The normalized spacial score (nSPS) is 20.7. The topological polar surface area (TPSA) is 93.1 Å². The molecule has 2 aliphatic heterocycles. The predicted molar refractivity (Wildman–Crippen MR) is 111 cm³/mol. The lowest BCUT2D eigenvalue weighted by atomic mass is 9.93. The van der Waals surface area contributed by atoms with Crippen LogP contribution in [-0.2, 0) is 19.1 Å². The highest BCUT2D eigenvalue weighted by Crippen LogP contribution is 2.53. The van der Waals surface area contributed by atoms with Crippen LogP contribution in [0.15, 0.2) is 56.7 Å². The number of halogens is 1. The van der Waals surface area contributed by atoms with Crippen LogP contribution in [0.3, 0.4) is 0 Å². The number of hydrogen-bond acceptors (Lipinski definition) is 8. The Morgan fingerprint density at radius 1 is 1.17 bits per heavy atom. The molecule has 1 N–H and O–H groups in total. The number of nitrogens with zero attached hydrogens (tertiary/aromatic N) is 1. The number of aromatic hydroxyl groups is 1. The lowest BCUT2D eigenvalue weighted by Gasteiger charge is -2.38. The van der Waals surface area contributed by atoms with Crippen LogP contribution in [0.5, 0.6) is 5.75 Å². The molecule has 0 aromatic heterocycles. The molecule has 1 aromatic rings. The average Bonchev–Trinajstić information content (AvgIpc) is 2.98. The number of thioether (sulfide) groups is 1. The van der Waals surface area contributed by atoms with Gasteiger partial charge in [0.25, 0.3) is 0 Å². The van der Waals surface area contributed by atoms with E-state index >= 15 is 0 Å². The van der Waals surface area contributed by atoms with Crippen molar-refractivity contribution in [2.45, 2.75) is 18.7 Å². The van der Waals surface area contributed by atoms with Gasteiger partial charge >= 0.3 is 11.9 Å². The van der Waals surface area contributed by atoms with Crippen LogP contribution in [-0.4, -0.2) is 46.8 Å². The lowest BCUT2D eigenvalue weighted by Crippen LogP contribution is -2.52. The van der Waals surface area contributed by atoms with Gasteiger partial charge in [0.15, 0.2) is 5.78 Å². The van der Waals surface area contributed by atoms with E-state index in [1.807, 2.05) is 6.92 Å². The fraction of sp³-hybridized carbons (Fsp3) is 0.250. The molecule has 0 aliphatic carbocycles. The first kappa shape index (κ1) is 21.2. The third-order valence-electron chi connectivity index (χ3n) is 4.78. The zero-order valence-electron chi connectivity index (χ0n) is 16.1. The molecule has 0 spiro atoms. The molecule has 0 amide bonds. The van der Waals surface area contributed by atoms with E-state index in [-0.39, 0.29) is 22.5 Å². The number of carbonyl (C=O) groups excluding carboxylic acids is 3. The van der Waals surface area contributed by atoms with Crippen molar-refractivity contribution in [2.24, 2.45) is 0 Å². The number of Topliss-reactive ketones (excluding diaryl/α,β-unsaturated/α-hetero) is 1. The zero-order chi connectivity index (χ0) is 21.5. The number of esters is 2. The summed E-state index contributed by atoms with van der Waals surface area (Å²) in [5.74, 6) is -2.13. The van der Waals surface area contributed by atoms with E-state index < -0.39 is 22.6 Å². The Hall–Kier alpha value is -2.52. The minimum absolute atomic E-state index is 0.0339. The molecule has 3 rings (SSSR count). The zero-order valence-corrected chi connectivity index (χ0v) is 18.5. The first-order valence-electron chi connectivity index (χ1n) is 8.47. The molecule has 0 saturated carbocycles. The van der Waals surface area contributed by atoms with E-state index in [2.05, 4.69) is 15.9 Å². The summed E-state index contributed by atoms with van der Waals surface area (Å²) in [6, 6.07) is 4.48. The van der Waals surface area contributed by atoms with Gasteiger partial charge in [0, 0.05) is 26.8 Å². The van der Waals surface area contributed by atoms with Crippen molar-refractivity contribution in [2.75, 3.05) is 14.2 Å². The molecule has 1 aromatic carbocycles. The Morgan fingerprint density at radius 2 is 1.86 bits per heavy atom. The van der Waals surface area contributed by atoms with Gasteiger partial charge < -0.3 is 19.5 Å². The summed E-state index contributed by atoms with van der Waals surface area (Å²) in [7, 11) is 2.43. The smallest absolute Gasteiger partial charge is 0.348 e. The fourth-order valence-electron chi connectivity index (χ4n) is 3.22. The third-order valence-corrected chi connectivity index (χ3v) is 6.75. The van der Waals surface area contributed by atoms with Gasteiger partial charge in [-0.25, -0.2) is 9.59 Å². The minimum atomic E-state index is -1.51. The number of phenolic OH excluding ortho intramolecular Hbond substituents is 1. The SMILES string of the molecule is COC(=O)C1=CC(C(=O)c2cc(Br)ccc2O)=CN2C(C)=C(C)SC12C(=O)OC. The van der Waals surface area contributed by atoms with E-state index in [0.717, 1.165) is 16.7 Å². The number of methoxy groups -OCH3 is 2. The maximum absolute atomic E-state index is 13.1. The molecule has 0 fully saturated rings. The van der Waals surface area contributed by atoms with Crippen molar-refractivity contribution >= 4 is 45.4 Å². The Balaban J connectivity index is 2.21. The second kappa shape index (κ2) is 7.72. The summed E-state index contributed by atoms with van der Waals surface area (Å²) in [5, 5.41) is 10.1. The fourth-order valence-corrected chi connectivity index (χ4v) is 4.97. The van der Waals surface area contributed by atoms with E-state index in [1.165, 1.54) is 38.6 Å². The van der Waals surface area contributed by atoms with Gasteiger partial charge in [-0.05, 0) is 38.1 Å². The van der Waals surface area contributed by atoms with Crippen LogP contribution in [0.25, 0.3) is 0 Å². The Morgan fingerprint density at radius 3 is 2.48 bits per heavy atom. The van der Waals surface area contributed by atoms with Gasteiger partial charge in [0.2, 0.25) is 4.87 Å². The summed E-state index contributed by atoms with van der Waals surface area (Å²) in [4.78, 5) is 39.4. The molecule has 29 heavy (non-hydrogen) atoms. The maximum Gasteiger partial charge on any atom is 0.348 e. The highest BCUT2D eigenvalue weighted by molar-refractivity contribution is 9.10. The molecule has 1 atom stereocenters. The second-order valence-corrected chi connectivity index (χ2v) is 8.70. The molecule has 9 heteroatoms. The van der Waals surface area contributed by atoms with Crippen LogP contribution < -0.4 is 0 Å². The standard InChI is InChI=1S/C20H18BrNO6S/c1-10-11(2)29-20(19(26)28-4)15(18(25)27-3)7-12(9-22(10)20)17(24)14-8-13(21)5-6-16(14)23/h5-9,23H,1-4H3. The second-order valence-electron chi connectivity index (χ2n) is 6.37. The number of benzene rings is 1. The van der Waals surface area contributed by atoms with Crippen LogP contribution in [0.1, 0.15) is 24.2 Å². The molecular formula is C20H18BrNO6S. The molecule has 0 saturated heterocycles. The van der Waals surface area contributed by atoms with E-state index in [1.54, 1.807) is 17.9 Å². The van der Waals surface area contributed by atoms with E-state index in [4.69, 9.17) is 9.47 Å². The Bertz CT molecular complexity index is 1030. The lowest BCUT2D eigenvalue weighted by molar-refractivity contribution is -0.149. The molecule has 1 unspecified atom stereocenters. The van der Waals surface area contributed by atoms with Crippen molar-refractivity contribution in [1.29, 1.82) is 0 Å². The van der Waals surface area contributed by atoms with Crippen LogP contribution >= 0.6 is 27.7 Å². The van der Waals surface area contributed by atoms with Gasteiger partial charge in [-0.1, -0.05) is 27.7 Å². The van der Waals surface area contributed by atoms with Gasteiger partial charge in [-0.3, -0.25) is 4.79 Å². The van der Waals surface area contributed by atoms with Crippen LogP contribution in [0, 0.1) is 0 Å². The van der Waals surface area contributed by atoms with Crippen molar-refractivity contribution in [3.8, 4) is 5.75 Å². The van der Waals surface area contributed by atoms with E-state index in [9.17, 15) is 19.5 Å². The average molecular weight is 480 g/mol. The van der Waals surface area contributed by atoms with Gasteiger partial charge in [-0.2, -0.15) is 0 Å². The quantitative estimate of drug-likeness (QED) is 0.517. The first-order chi connectivity index (χ1) is 13.7. The molecular weight excluding hydrogens is 462 g/mol. The molecule has 2 aliphatic rings. The number of carbonyl (C=O) groups is 3. The minimum Gasteiger partial charge on any atom is -0.507 e. The molecule has 0 bridgehead atoms. The molecule has 152 valence electrons. The number of hydrogen-bond donors (Lipinski definition) is 1. The van der Waals surface area contributed by atoms with Gasteiger partial charge in [0.05, 0.1) is 25.4 Å². The number of ether oxygens (including phenoxy) is 2. The highest BCUT2D eigenvalue weighted by Gasteiger charge is 2.57. The van der Waals surface area contributed by atoms with Crippen molar-refractivity contribution < 1.29 is 29.0 Å². The number of phenols is 1. The van der Waals surface area contributed by atoms with Crippen LogP contribution in [0.4, 0.5) is 0 Å². The highest BCUT2D eigenvalue weighted by atomic mass is 79.9. The summed E-state index contributed by atoms with van der Waals surface area (Å²) in [6.45, 7) is 3.59. The van der Waals surface area contributed by atoms with Gasteiger partial charge in [0.1, 0.15) is 5.75 Å². The van der Waals surface area contributed by atoms with Crippen molar-refractivity contribution in [1.82, 2.24) is 4.90 Å². The number of fused-ring (bicyclic) bond motifs is 1. The molecule has 2 heterocycles. The van der Waals surface area contributed by atoms with Crippen LogP contribution in [0.2, 0.25) is 0 Å². The Kier molecular flexibility index (Phi) is 5.64. The largest absolute Gasteiger partial charge is 0.507 e. The summed E-state index contributed by atoms with van der Waals surface area (Å²) < 4.78 is 10.5. The summed E-state index contributed by atoms with van der Waals surface area (Å²) >= 11 is 4.43. The monoisotopic (exact) mass is 479 g/mol. The molecule has 7 nitrogen and oxygen atoms in total. The number of allylic oxidation sites excluding steroid dienone is 4. The number of rotatable bonds is 4. The van der Waals surface area contributed by atoms with Crippen molar-refractivity contribution in [3.05, 3.63) is 62.3 Å². The molecule has 0 radical (unpaired) electrons. The van der Waals surface area contributed by atoms with E-state index in [0.29, 0.717) is 10.2 Å². The summed E-state index contributed by atoms with van der Waals surface area (Å²) in [5.41, 5.74) is 0.835. The maximum atomic E-state index is 13.1. The Labute approximate surface area is 180 Å². The third kappa shape index (κ3) is 3.28. The first-order valence-corrected chi connectivity index (χ1v) is 10.1. The summed E-state index contributed by atoms with van der Waals surface area (Å²) in [6.07, 6.45) is 2.81. The number of ketones is 1. The van der Waals surface area contributed by atoms with Crippen molar-refractivity contribution in [3.63, 3.8) is 0 Å².